The molecular formula is C12H22N2S. The van der Waals surface area contributed by atoms with Crippen LogP contribution in [-0.4, -0.2) is 17.6 Å². The summed E-state index contributed by atoms with van der Waals surface area (Å²) in [5.74, 6) is 0.773. The highest BCUT2D eigenvalue weighted by atomic mass is 32.1. The Bertz CT molecular complexity index is 281. The molecule has 1 unspecified atom stereocenters. The lowest BCUT2D eigenvalue weighted by Crippen LogP contribution is -2.29. The van der Waals surface area contributed by atoms with Crippen molar-refractivity contribution >= 4 is 11.3 Å². The van der Waals surface area contributed by atoms with Gasteiger partial charge in [0.25, 0.3) is 0 Å². The van der Waals surface area contributed by atoms with Crippen LogP contribution in [-0.2, 0) is 6.42 Å². The second kappa shape index (κ2) is 6.23. The van der Waals surface area contributed by atoms with E-state index in [-0.39, 0.29) is 0 Å². The Labute approximate surface area is 97.1 Å². The van der Waals surface area contributed by atoms with E-state index < -0.39 is 0 Å². The first-order chi connectivity index (χ1) is 7.08. The van der Waals surface area contributed by atoms with Gasteiger partial charge in [-0.2, -0.15) is 0 Å². The molecule has 1 heterocycles. The molecular weight excluding hydrogens is 204 g/mol. The van der Waals surface area contributed by atoms with Gasteiger partial charge >= 0.3 is 0 Å². The molecule has 0 aliphatic heterocycles. The predicted molar refractivity (Wildman–Crippen MR) is 67.5 cm³/mol. The quantitative estimate of drug-likeness (QED) is 0.806. The van der Waals surface area contributed by atoms with Gasteiger partial charge in [0.05, 0.1) is 5.01 Å². The van der Waals surface area contributed by atoms with Crippen molar-refractivity contribution in [2.75, 3.05) is 6.54 Å². The molecule has 1 aromatic heterocycles. The summed E-state index contributed by atoms with van der Waals surface area (Å²) in [5, 5.41) is 6.90. The van der Waals surface area contributed by atoms with Crippen LogP contribution in [0.3, 0.4) is 0 Å². The van der Waals surface area contributed by atoms with Crippen LogP contribution >= 0.6 is 11.3 Å². The van der Waals surface area contributed by atoms with Gasteiger partial charge in [0, 0.05) is 30.1 Å². The fourth-order valence-electron chi connectivity index (χ4n) is 1.73. The summed E-state index contributed by atoms with van der Waals surface area (Å²) in [7, 11) is 0. The molecule has 86 valence electrons. The van der Waals surface area contributed by atoms with Gasteiger partial charge in [0.1, 0.15) is 0 Å². The van der Waals surface area contributed by atoms with Crippen LogP contribution in [0.15, 0.2) is 5.38 Å². The molecule has 0 saturated carbocycles. The molecule has 0 bridgehead atoms. The molecule has 0 saturated heterocycles. The van der Waals surface area contributed by atoms with Gasteiger partial charge in [-0.3, -0.25) is 0 Å². The molecule has 0 fully saturated rings. The van der Waals surface area contributed by atoms with Gasteiger partial charge in [-0.1, -0.05) is 13.8 Å². The summed E-state index contributed by atoms with van der Waals surface area (Å²) in [5.41, 5.74) is 1.14. The first-order valence-corrected chi connectivity index (χ1v) is 6.60. The third kappa shape index (κ3) is 5.28. The van der Waals surface area contributed by atoms with Gasteiger partial charge in [-0.25, -0.2) is 4.98 Å². The number of hydrogen-bond donors (Lipinski definition) is 1. The van der Waals surface area contributed by atoms with E-state index in [1.54, 1.807) is 11.3 Å². The van der Waals surface area contributed by atoms with Gasteiger partial charge in [-0.05, 0) is 26.2 Å². The number of nitrogens with one attached hydrogen (secondary N) is 1. The number of nitrogens with zero attached hydrogens (tertiary/aromatic N) is 1. The topological polar surface area (TPSA) is 24.9 Å². The van der Waals surface area contributed by atoms with Crippen molar-refractivity contribution in [2.45, 2.75) is 46.6 Å². The summed E-state index contributed by atoms with van der Waals surface area (Å²) in [4.78, 5) is 4.45. The van der Waals surface area contributed by atoms with E-state index in [1.165, 1.54) is 11.4 Å². The highest BCUT2D eigenvalue weighted by Crippen LogP contribution is 2.09. The molecule has 1 rings (SSSR count). The Morgan fingerprint density at radius 2 is 2.13 bits per heavy atom. The van der Waals surface area contributed by atoms with E-state index in [0.29, 0.717) is 6.04 Å². The van der Waals surface area contributed by atoms with Crippen molar-refractivity contribution in [1.29, 1.82) is 0 Å². The molecule has 3 heteroatoms. The fourth-order valence-corrected chi connectivity index (χ4v) is 2.51. The second-order valence-corrected chi connectivity index (χ2v) is 5.56. The molecule has 1 atom stereocenters. The van der Waals surface area contributed by atoms with Gasteiger partial charge in [-0.15, -0.1) is 11.3 Å². The molecule has 0 aliphatic carbocycles. The minimum absolute atomic E-state index is 0.617. The van der Waals surface area contributed by atoms with E-state index in [2.05, 4.69) is 43.4 Å². The minimum atomic E-state index is 0.617. The Kier molecular flexibility index (Phi) is 5.26. The minimum Gasteiger partial charge on any atom is -0.314 e. The number of hydrogen-bond acceptors (Lipinski definition) is 3. The Balaban J connectivity index is 2.16. The molecule has 0 aliphatic rings. The maximum absolute atomic E-state index is 4.45. The Morgan fingerprint density at radius 1 is 1.40 bits per heavy atom. The molecule has 2 nitrogen and oxygen atoms in total. The van der Waals surface area contributed by atoms with Gasteiger partial charge in [0.15, 0.2) is 0 Å². The lowest BCUT2D eigenvalue weighted by Gasteiger charge is -2.15. The van der Waals surface area contributed by atoms with Crippen molar-refractivity contribution < 1.29 is 0 Å². The van der Waals surface area contributed by atoms with E-state index in [1.807, 2.05) is 0 Å². The summed E-state index contributed by atoms with van der Waals surface area (Å²) in [6, 6.07) is 0.617. The van der Waals surface area contributed by atoms with E-state index >= 15 is 0 Å². The number of thiazole rings is 1. The second-order valence-electron chi connectivity index (χ2n) is 4.62. The third-order valence-electron chi connectivity index (χ3n) is 2.32. The van der Waals surface area contributed by atoms with Gasteiger partial charge in [0.2, 0.25) is 0 Å². The average molecular weight is 226 g/mol. The van der Waals surface area contributed by atoms with Crippen LogP contribution in [0.4, 0.5) is 0 Å². The van der Waals surface area contributed by atoms with Gasteiger partial charge < -0.3 is 5.32 Å². The van der Waals surface area contributed by atoms with Crippen LogP contribution in [0.1, 0.15) is 37.9 Å². The first kappa shape index (κ1) is 12.7. The third-order valence-corrected chi connectivity index (χ3v) is 3.35. The maximum atomic E-state index is 4.45. The van der Waals surface area contributed by atoms with Crippen LogP contribution in [0.2, 0.25) is 0 Å². The number of aryl methyl sites for hydroxylation is 1. The molecule has 1 N–H and O–H groups in total. The van der Waals surface area contributed by atoms with E-state index in [0.717, 1.165) is 24.6 Å². The molecule has 0 aromatic carbocycles. The van der Waals surface area contributed by atoms with E-state index in [9.17, 15) is 0 Å². The van der Waals surface area contributed by atoms with Crippen molar-refractivity contribution in [3.63, 3.8) is 0 Å². The van der Waals surface area contributed by atoms with Crippen LogP contribution in [0.5, 0.6) is 0 Å². The largest absolute Gasteiger partial charge is 0.314 e. The molecule has 0 radical (unpaired) electrons. The highest BCUT2D eigenvalue weighted by molar-refractivity contribution is 7.09. The zero-order valence-electron chi connectivity index (χ0n) is 10.2. The normalized spacial score (nSPS) is 13.4. The Hall–Kier alpha value is -0.410. The van der Waals surface area contributed by atoms with Crippen molar-refractivity contribution in [2.24, 2.45) is 5.92 Å². The molecule has 0 amide bonds. The average Bonchev–Trinajstić information content (AvgIpc) is 2.50. The fraction of sp³-hybridized carbons (Fsp3) is 0.750. The van der Waals surface area contributed by atoms with Crippen LogP contribution in [0, 0.1) is 12.8 Å². The summed E-state index contributed by atoms with van der Waals surface area (Å²) < 4.78 is 0. The SMILES string of the molecule is Cc1csc(CCNC(C)CC(C)C)n1. The van der Waals surface area contributed by atoms with E-state index in [4.69, 9.17) is 0 Å². The zero-order chi connectivity index (χ0) is 11.3. The maximum Gasteiger partial charge on any atom is 0.0940 e. The van der Waals surface area contributed by atoms with Crippen LogP contribution in [0.25, 0.3) is 0 Å². The molecule has 15 heavy (non-hydrogen) atoms. The first-order valence-electron chi connectivity index (χ1n) is 5.72. The lowest BCUT2D eigenvalue weighted by molar-refractivity contribution is 0.444. The van der Waals surface area contributed by atoms with Crippen molar-refractivity contribution in [3.8, 4) is 0 Å². The number of aromatic nitrogens is 1. The molecule has 0 spiro atoms. The highest BCUT2D eigenvalue weighted by Gasteiger charge is 2.04. The standard InChI is InChI=1S/C12H22N2S/c1-9(2)7-10(3)13-6-5-12-14-11(4)8-15-12/h8-10,13H,5-7H2,1-4H3. The molecule has 1 aromatic rings. The predicted octanol–water partition coefficient (Wildman–Crippen LogP) is 3.02. The summed E-state index contributed by atoms with van der Waals surface area (Å²) in [6.07, 6.45) is 2.30. The summed E-state index contributed by atoms with van der Waals surface area (Å²) >= 11 is 1.76. The monoisotopic (exact) mass is 226 g/mol. The van der Waals surface area contributed by atoms with Crippen LogP contribution < -0.4 is 5.32 Å². The lowest BCUT2D eigenvalue weighted by atomic mass is 10.1. The number of rotatable bonds is 6. The smallest absolute Gasteiger partial charge is 0.0940 e. The Morgan fingerprint density at radius 3 is 2.67 bits per heavy atom. The van der Waals surface area contributed by atoms with Crippen molar-refractivity contribution in [3.05, 3.63) is 16.1 Å². The zero-order valence-corrected chi connectivity index (χ0v) is 11.0. The summed E-state index contributed by atoms with van der Waals surface area (Å²) in [6.45, 7) is 9.88. The van der Waals surface area contributed by atoms with Crippen molar-refractivity contribution in [1.82, 2.24) is 10.3 Å².